The third kappa shape index (κ3) is 5.87. The van der Waals surface area contributed by atoms with Gasteiger partial charge in [-0.15, -0.1) is 0 Å². The molecule has 6 nitrogen and oxygen atoms in total. The quantitative estimate of drug-likeness (QED) is 0.695. The van der Waals surface area contributed by atoms with Gasteiger partial charge in [-0.05, 0) is 11.6 Å². The summed E-state index contributed by atoms with van der Waals surface area (Å²) in [5.41, 5.74) is 0.660. The van der Waals surface area contributed by atoms with E-state index in [2.05, 4.69) is 10.6 Å². The zero-order chi connectivity index (χ0) is 14.3. The van der Waals surface area contributed by atoms with Gasteiger partial charge in [-0.1, -0.05) is 29.8 Å². The second kappa shape index (κ2) is 7.38. The van der Waals surface area contributed by atoms with Crippen molar-refractivity contribution in [3.05, 3.63) is 34.9 Å². The Balaban J connectivity index is 2.34. The molecule has 0 saturated heterocycles. The van der Waals surface area contributed by atoms with E-state index in [4.69, 9.17) is 16.7 Å². The molecule has 0 saturated carbocycles. The molecule has 0 unspecified atom stereocenters. The smallest absolute Gasteiger partial charge is 0.322 e. The van der Waals surface area contributed by atoms with Crippen LogP contribution in [-0.2, 0) is 20.8 Å². The van der Waals surface area contributed by atoms with Crippen LogP contribution in [0.2, 0.25) is 5.02 Å². The molecular weight excluding hydrogens is 272 g/mol. The highest BCUT2D eigenvalue weighted by Gasteiger charge is 2.09. The number of carbonyl (C=O) groups excluding carboxylic acids is 2. The van der Waals surface area contributed by atoms with Crippen LogP contribution >= 0.6 is 11.6 Å². The summed E-state index contributed by atoms with van der Waals surface area (Å²) in [4.78, 5) is 32.9. The summed E-state index contributed by atoms with van der Waals surface area (Å²) < 4.78 is 0. The van der Waals surface area contributed by atoms with Gasteiger partial charge in [0.2, 0.25) is 11.8 Å². The number of halogens is 1. The summed E-state index contributed by atoms with van der Waals surface area (Å²) in [7, 11) is 0. The fourth-order valence-corrected chi connectivity index (χ4v) is 1.50. The van der Waals surface area contributed by atoms with Crippen LogP contribution in [0.4, 0.5) is 0 Å². The number of carbonyl (C=O) groups is 3. The highest BCUT2D eigenvalue weighted by molar-refractivity contribution is 6.31. The Morgan fingerprint density at radius 2 is 1.68 bits per heavy atom. The number of hydrogen-bond donors (Lipinski definition) is 3. The van der Waals surface area contributed by atoms with Gasteiger partial charge >= 0.3 is 5.97 Å². The van der Waals surface area contributed by atoms with Crippen LogP contribution in [-0.4, -0.2) is 36.0 Å². The molecule has 0 aromatic heterocycles. The number of hydrogen-bond acceptors (Lipinski definition) is 3. The SMILES string of the molecule is O=C(O)CNC(=O)CNC(=O)Cc1ccccc1Cl. The van der Waals surface area contributed by atoms with Crippen molar-refractivity contribution in [3.63, 3.8) is 0 Å². The van der Waals surface area contributed by atoms with Crippen LogP contribution in [0, 0.1) is 0 Å². The first-order chi connectivity index (χ1) is 8.99. The number of benzene rings is 1. The van der Waals surface area contributed by atoms with Gasteiger partial charge in [-0.25, -0.2) is 0 Å². The van der Waals surface area contributed by atoms with Crippen LogP contribution in [0.3, 0.4) is 0 Å². The lowest BCUT2D eigenvalue weighted by molar-refractivity contribution is -0.137. The van der Waals surface area contributed by atoms with Gasteiger partial charge in [-0.3, -0.25) is 14.4 Å². The normalized spacial score (nSPS) is 9.74. The molecule has 19 heavy (non-hydrogen) atoms. The Bertz CT molecular complexity index is 490. The Morgan fingerprint density at radius 3 is 2.32 bits per heavy atom. The number of carboxylic acid groups (broad SMARTS) is 1. The molecule has 102 valence electrons. The van der Waals surface area contributed by atoms with E-state index in [1.54, 1.807) is 24.3 Å². The molecule has 0 spiro atoms. The van der Waals surface area contributed by atoms with Gasteiger partial charge in [-0.2, -0.15) is 0 Å². The van der Waals surface area contributed by atoms with E-state index < -0.39 is 18.4 Å². The van der Waals surface area contributed by atoms with Crippen molar-refractivity contribution in [2.75, 3.05) is 13.1 Å². The molecule has 7 heteroatoms. The molecule has 0 aliphatic carbocycles. The van der Waals surface area contributed by atoms with Crippen molar-refractivity contribution in [2.24, 2.45) is 0 Å². The minimum Gasteiger partial charge on any atom is -0.480 e. The fourth-order valence-electron chi connectivity index (χ4n) is 1.29. The number of carboxylic acids is 1. The molecule has 1 aromatic rings. The summed E-state index contributed by atoms with van der Waals surface area (Å²) in [5.74, 6) is -2.07. The second-order valence-corrected chi connectivity index (χ2v) is 4.12. The predicted octanol–water partition coefficient (Wildman–Crippen LogP) is 0.200. The molecule has 0 heterocycles. The molecule has 1 rings (SSSR count). The summed E-state index contributed by atoms with van der Waals surface area (Å²) in [6.07, 6.45) is 0.0614. The van der Waals surface area contributed by atoms with Crippen molar-refractivity contribution in [1.29, 1.82) is 0 Å². The topological polar surface area (TPSA) is 95.5 Å². The summed E-state index contributed by atoms with van der Waals surface area (Å²) in [6.45, 7) is -0.740. The van der Waals surface area contributed by atoms with Crippen LogP contribution < -0.4 is 10.6 Å². The molecule has 0 aliphatic heterocycles. The third-order valence-electron chi connectivity index (χ3n) is 2.19. The lowest BCUT2D eigenvalue weighted by Gasteiger charge is -2.06. The minimum absolute atomic E-state index is 0.0614. The van der Waals surface area contributed by atoms with E-state index in [1.807, 2.05) is 0 Å². The van der Waals surface area contributed by atoms with Gasteiger partial charge < -0.3 is 15.7 Å². The van der Waals surface area contributed by atoms with Crippen molar-refractivity contribution >= 4 is 29.4 Å². The molecular formula is C12H13ClN2O4. The van der Waals surface area contributed by atoms with Gasteiger partial charge in [0.1, 0.15) is 6.54 Å². The van der Waals surface area contributed by atoms with Crippen molar-refractivity contribution in [3.8, 4) is 0 Å². The molecule has 3 N–H and O–H groups in total. The molecule has 0 fully saturated rings. The highest BCUT2D eigenvalue weighted by Crippen LogP contribution is 2.14. The van der Waals surface area contributed by atoms with E-state index in [9.17, 15) is 14.4 Å². The minimum atomic E-state index is -1.14. The molecule has 2 amide bonds. The van der Waals surface area contributed by atoms with Crippen LogP contribution in [0.5, 0.6) is 0 Å². The van der Waals surface area contributed by atoms with Crippen LogP contribution in [0.1, 0.15) is 5.56 Å². The fraction of sp³-hybridized carbons (Fsp3) is 0.250. The maximum absolute atomic E-state index is 11.5. The van der Waals surface area contributed by atoms with Gasteiger partial charge in [0.15, 0.2) is 0 Å². The maximum Gasteiger partial charge on any atom is 0.322 e. The van der Waals surface area contributed by atoms with Crippen LogP contribution in [0.25, 0.3) is 0 Å². The Labute approximate surface area is 114 Å². The van der Waals surface area contributed by atoms with E-state index in [0.29, 0.717) is 10.6 Å². The third-order valence-corrected chi connectivity index (χ3v) is 2.56. The number of aliphatic carboxylic acids is 1. The zero-order valence-corrected chi connectivity index (χ0v) is 10.7. The van der Waals surface area contributed by atoms with E-state index >= 15 is 0 Å². The highest BCUT2D eigenvalue weighted by atomic mass is 35.5. The standard InChI is InChI=1S/C12H13ClN2O4/c13-9-4-2-1-3-8(9)5-10(16)14-6-11(17)15-7-12(18)19/h1-4H,5-7H2,(H,14,16)(H,15,17)(H,18,19). The molecule has 0 atom stereocenters. The first-order valence-corrected chi connectivity index (χ1v) is 5.85. The van der Waals surface area contributed by atoms with Crippen LogP contribution in [0.15, 0.2) is 24.3 Å². The van der Waals surface area contributed by atoms with Gasteiger partial charge in [0.05, 0.1) is 13.0 Å². The van der Waals surface area contributed by atoms with E-state index in [-0.39, 0.29) is 18.9 Å². The molecule has 0 radical (unpaired) electrons. The van der Waals surface area contributed by atoms with E-state index in [0.717, 1.165) is 0 Å². The number of nitrogens with one attached hydrogen (secondary N) is 2. The average molecular weight is 285 g/mol. The number of amides is 2. The monoisotopic (exact) mass is 284 g/mol. The van der Waals surface area contributed by atoms with Crippen molar-refractivity contribution < 1.29 is 19.5 Å². The maximum atomic E-state index is 11.5. The summed E-state index contributed by atoms with van der Waals surface area (Å²) >= 11 is 5.89. The zero-order valence-electron chi connectivity index (χ0n) is 9.98. The Hall–Kier alpha value is -2.08. The van der Waals surface area contributed by atoms with Gasteiger partial charge in [0, 0.05) is 5.02 Å². The summed E-state index contributed by atoms with van der Waals surface area (Å²) in [5, 5.41) is 13.3. The number of rotatable bonds is 6. The first kappa shape index (κ1) is 15.0. The first-order valence-electron chi connectivity index (χ1n) is 5.47. The molecule has 0 aliphatic rings. The largest absolute Gasteiger partial charge is 0.480 e. The van der Waals surface area contributed by atoms with Crippen molar-refractivity contribution in [2.45, 2.75) is 6.42 Å². The predicted molar refractivity (Wildman–Crippen MR) is 68.8 cm³/mol. The second-order valence-electron chi connectivity index (χ2n) is 3.72. The van der Waals surface area contributed by atoms with Gasteiger partial charge in [0.25, 0.3) is 0 Å². The average Bonchev–Trinajstić information content (AvgIpc) is 2.36. The Kier molecular flexibility index (Phi) is 5.81. The molecule has 0 bridgehead atoms. The van der Waals surface area contributed by atoms with E-state index in [1.165, 1.54) is 0 Å². The lowest BCUT2D eigenvalue weighted by Crippen LogP contribution is -2.39. The molecule has 1 aromatic carbocycles. The summed E-state index contributed by atoms with van der Waals surface area (Å²) in [6, 6.07) is 6.90. The Morgan fingerprint density at radius 1 is 1.05 bits per heavy atom. The lowest BCUT2D eigenvalue weighted by atomic mass is 10.1. The van der Waals surface area contributed by atoms with Crippen molar-refractivity contribution in [1.82, 2.24) is 10.6 Å².